The Morgan fingerprint density at radius 2 is 2.04 bits per heavy atom. The molecule has 0 aliphatic carbocycles. The van der Waals surface area contributed by atoms with Crippen molar-refractivity contribution in [3.05, 3.63) is 35.5 Å². The van der Waals surface area contributed by atoms with E-state index in [1.165, 1.54) is 6.20 Å². The molecule has 2 N–H and O–H groups in total. The molecule has 26 heavy (non-hydrogen) atoms. The van der Waals surface area contributed by atoms with Crippen LogP contribution in [0.4, 0.5) is 11.6 Å². The summed E-state index contributed by atoms with van der Waals surface area (Å²) in [5.41, 5.74) is 1.45. The number of halogens is 1. The lowest BCUT2D eigenvalue weighted by atomic mass is 9.92. The minimum absolute atomic E-state index is 0.296. The van der Waals surface area contributed by atoms with Crippen LogP contribution >= 0.6 is 11.6 Å². The fourth-order valence-electron chi connectivity index (χ4n) is 3.42. The number of nitrogens with one attached hydrogen (secondary N) is 2. The molecule has 1 saturated heterocycles. The predicted octanol–water partition coefficient (Wildman–Crippen LogP) is 3.98. The van der Waals surface area contributed by atoms with Gasteiger partial charge in [0.15, 0.2) is 0 Å². The van der Waals surface area contributed by atoms with Gasteiger partial charge in [-0.25, -0.2) is 9.97 Å². The number of hydrogen-bond donors (Lipinski definition) is 2. The summed E-state index contributed by atoms with van der Waals surface area (Å²) in [7, 11) is 0. The highest BCUT2D eigenvalue weighted by molar-refractivity contribution is 6.33. The van der Waals surface area contributed by atoms with Crippen molar-refractivity contribution in [2.75, 3.05) is 17.2 Å². The van der Waals surface area contributed by atoms with Crippen LogP contribution in [-0.4, -0.2) is 35.1 Å². The van der Waals surface area contributed by atoms with Gasteiger partial charge in [0.25, 0.3) is 0 Å². The average molecular weight is 375 g/mol. The average Bonchev–Trinajstić information content (AvgIpc) is 2.61. The number of carbonyl (C=O) groups excluding carboxylic acids is 1. The number of hydrogen-bond acceptors (Lipinski definition) is 5. The van der Waals surface area contributed by atoms with E-state index in [2.05, 4.69) is 34.4 Å². The first-order chi connectivity index (χ1) is 12.5. The van der Waals surface area contributed by atoms with Gasteiger partial charge in [0.05, 0.1) is 22.9 Å². The van der Waals surface area contributed by atoms with Crippen molar-refractivity contribution in [1.29, 1.82) is 0 Å². The Morgan fingerprint density at radius 3 is 2.77 bits per heavy atom. The summed E-state index contributed by atoms with van der Waals surface area (Å²) in [5, 5.41) is 6.44. The molecule has 0 aromatic carbocycles. The van der Waals surface area contributed by atoms with Crippen molar-refractivity contribution >= 4 is 29.6 Å². The van der Waals surface area contributed by atoms with Gasteiger partial charge in [-0.2, -0.15) is 0 Å². The van der Waals surface area contributed by atoms with Crippen LogP contribution in [0.5, 0.6) is 0 Å². The lowest BCUT2D eigenvalue weighted by Crippen LogP contribution is -2.32. The fraction of sp³-hybridized carbons (Fsp3) is 0.421. The highest BCUT2D eigenvalue weighted by atomic mass is 35.5. The van der Waals surface area contributed by atoms with Crippen LogP contribution in [0.3, 0.4) is 0 Å². The van der Waals surface area contributed by atoms with Crippen molar-refractivity contribution < 1.29 is 9.53 Å². The molecule has 0 saturated carbocycles. The van der Waals surface area contributed by atoms with Crippen LogP contribution in [0.15, 0.2) is 30.5 Å². The second kappa shape index (κ2) is 8.47. The van der Waals surface area contributed by atoms with E-state index in [1.54, 1.807) is 6.07 Å². The Balaban J connectivity index is 1.72. The maximum absolute atomic E-state index is 10.6. The maximum Gasteiger partial charge on any atom is 0.212 e. The molecule has 3 heterocycles. The largest absolute Gasteiger partial charge is 0.376 e. The first-order valence-corrected chi connectivity index (χ1v) is 9.15. The first-order valence-electron chi connectivity index (χ1n) is 8.77. The molecule has 3 atom stereocenters. The zero-order valence-corrected chi connectivity index (χ0v) is 15.7. The van der Waals surface area contributed by atoms with Crippen molar-refractivity contribution in [3.8, 4) is 11.3 Å². The van der Waals surface area contributed by atoms with E-state index in [4.69, 9.17) is 16.3 Å². The van der Waals surface area contributed by atoms with Gasteiger partial charge in [-0.15, -0.1) is 0 Å². The molecule has 2 aromatic rings. The molecule has 1 aliphatic rings. The summed E-state index contributed by atoms with van der Waals surface area (Å²) in [6.45, 7) is 5.10. The molecular weight excluding hydrogens is 352 g/mol. The molecule has 3 rings (SSSR count). The Labute approximate surface area is 158 Å². The third-order valence-electron chi connectivity index (χ3n) is 4.45. The van der Waals surface area contributed by atoms with Gasteiger partial charge >= 0.3 is 0 Å². The number of nitrogens with zero attached hydrogens (tertiary/aromatic N) is 2. The Kier molecular flexibility index (Phi) is 6.06. The van der Waals surface area contributed by atoms with E-state index in [-0.39, 0.29) is 0 Å². The lowest BCUT2D eigenvalue weighted by Gasteiger charge is -2.32. The van der Waals surface area contributed by atoms with Crippen molar-refractivity contribution in [1.82, 2.24) is 9.97 Å². The van der Waals surface area contributed by atoms with Crippen LogP contribution in [0.1, 0.15) is 26.7 Å². The number of ether oxygens (including phenoxy) is 1. The van der Waals surface area contributed by atoms with Crippen molar-refractivity contribution in [3.63, 3.8) is 0 Å². The van der Waals surface area contributed by atoms with Gasteiger partial charge in [0, 0.05) is 18.3 Å². The fourth-order valence-corrected chi connectivity index (χ4v) is 3.62. The van der Waals surface area contributed by atoms with Crippen LogP contribution in [0.25, 0.3) is 11.3 Å². The van der Waals surface area contributed by atoms with Gasteiger partial charge in [-0.1, -0.05) is 17.7 Å². The molecule has 1 aliphatic heterocycles. The van der Waals surface area contributed by atoms with Crippen molar-refractivity contribution in [2.45, 2.75) is 38.9 Å². The summed E-state index contributed by atoms with van der Waals surface area (Å²) in [5.74, 6) is 1.80. The molecule has 0 bridgehead atoms. The van der Waals surface area contributed by atoms with Crippen LogP contribution < -0.4 is 10.6 Å². The van der Waals surface area contributed by atoms with Gasteiger partial charge in [0.2, 0.25) is 6.41 Å². The Bertz CT molecular complexity index is 761. The lowest BCUT2D eigenvalue weighted by molar-refractivity contribution is -0.105. The third-order valence-corrected chi connectivity index (χ3v) is 4.76. The zero-order valence-electron chi connectivity index (χ0n) is 14.9. The van der Waals surface area contributed by atoms with E-state index in [0.29, 0.717) is 35.4 Å². The monoisotopic (exact) mass is 374 g/mol. The molecule has 2 aromatic heterocycles. The first kappa shape index (κ1) is 18.6. The number of anilines is 2. The van der Waals surface area contributed by atoms with Crippen LogP contribution in [0, 0.1) is 5.92 Å². The van der Waals surface area contributed by atoms with E-state index in [9.17, 15) is 4.79 Å². The summed E-state index contributed by atoms with van der Waals surface area (Å²) >= 11 is 6.26. The second-order valence-corrected chi connectivity index (χ2v) is 7.10. The van der Waals surface area contributed by atoms with Crippen molar-refractivity contribution in [2.24, 2.45) is 5.92 Å². The standard InChI is InChI=1S/C19H23ClN4O2/c1-12-6-14(7-13(2)26-12)9-21-18-5-3-4-17(24-18)15-8-19(23-11-25)22-10-16(15)20/h3-5,8,10-14H,6-7,9H2,1-2H3,(H,21,24)(H,22,23,25)/t12-,13+,14?. The SMILES string of the molecule is C[C@@H]1CC(CNc2cccc(-c3cc(NC=O)ncc3Cl)n2)C[C@H](C)O1. The molecule has 1 fully saturated rings. The van der Waals surface area contributed by atoms with Gasteiger partial charge < -0.3 is 15.4 Å². The van der Waals surface area contributed by atoms with E-state index < -0.39 is 0 Å². The molecule has 0 spiro atoms. The Morgan fingerprint density at radius 1 is 1.27 bits per heavy atom. The zero-order chi connectivity index (χ0) is 18.5. The second-order valence-electron chi connectivity index (χ2n) is 6.70. The van der Waals surface area contributed by atoms with E-state index in [1.807, 2.05) is 18.2 Å². The number of rotatable bonds is 6. The highest BCUT2D eigenvalue weighted by Gasteiger charge is 2.24. The normalized spacial score (nSPS) is 22.7. The van der Waals surface area contributed by atoms with Gasteiger partial charge in [0.1, 0.15) is 11.6 Å². The topological polar surface area (TPSA) is 76.1 Å². The minimum atomic E-state index is 0.296. The van der Waals surface area contributed by atoms with Gasteiger partial charge in [-0.3, -0.25) is 4.79 Å². The van der Waals surface area contributed by atoms with Crippen LogP contribution in [0.2, 0.25) is 5.02 Å². The Hall–Kier alpha value is -2.18. The number of carbonyl (C=O) groups is 1. The summed E-state index contributed by atoms with van der Waals surface area (Å²) in [4.78, 5) is 19.3. The number of pyridine rings is 2. The molecule has 0 radical (unpaired) electrons. The smallest absolute Gasteiger partial charge is 0.212 e. The molecule has 1 unspecified atom stereocenters. The molecule has 1 amide bonds. The summed E-state index contributed by atoms with van der Waals surface area (Å²) in [6.07, 6.45) is 4.78. The van der Waals surface area contributed by atoms with E-state index in [0.717, 1.165) is 36.5 Å². The quantitative estimate of drug-likeness (QED) is 0.748. The summed E-state index contributed by atoms with van der Waals surface area (Å²) < 4.78 is 5.79. The van der Waals surface area contributed by atoms with Gasteiger partial charge in [-0.05, 0) is 50.8 Å². The minimum Gasteiger partial charge on any atom is -0.376 e. The maximum atomic E-state index is 10.6. The van der Waals surface area contributed by atoms with Crippen LogP contribution in [-0.2, 0) is 9.53 Å². The number of aromatic nitrogens is 2. The summed E-state index contributed by atoms with van der Waals surface area (Å²) in [6, 6.07) is 7.47. The van der Waals surface area contributed by atoms with E-state index >= 15 is 0 Å². The predicted molar refractivity (Wildman–Crippen MR) is 103 cm³/mol. The molecule has 138 valence electrons. The molecule has 6 nitrogen and oxygen atoms in total. The number of amides is 1. The highest BCUT2D eigenvalue weighted by Crippen LogP contribution is 2.29. The molecule has 7 heteroatoms. The molecular formula is C19H23ClN4O2. The third kappa shape index (κ3) is 4.71.